The number of rotatable bonds is 4. The second-order valence-corrected chi connectivity index (χ2v) is 2.39. The van der Waals surface area contributed by atoms with Crippen molar-refractivity contribution in [1.29, 1.82) is 0 Å². The van der Waals surface area contributed by atoms with Gasteiger partial charge in [0.2, 0.25) is 5.78 Å². The van der Waals surface area contributed by atoms with Crippen LogP contribution in [0.1, 0.15) is 25.7 Å². The molecular formula is C8H9F3O. The Morgan fingerprint density at radius 3 is 2.33 bits per heavy atom. The van der Waals surface area contributed by atoms with Gasteiger partial charge in [0.05, 0.1) is 0 Å². The lowest BCUT2D eigenvalue weighted by Crippen LogP contribution is -2.06. The standard InChI is InChI=1S/C8H9F3O/c1-2-7(12)5-3-4-6-8(9,10)11/h1H,3-6H2. The minimum atomic E-state index is -4.13. The van der Waals surface area contributed by atoms with E-state index >= 15 is 0 Å². The number of hydrogen-bond donors (Lipinski definition) is 0. The largest absolute Gasteiger partial charge is 0.389 e. The molecule has 1 nitrogen and oxygen atoms in total. The molecule has 0 spiro atoms. The van der Waals surface area contributed by atoms with E-state index in [2.05, 4.69) is 0 Å². The van der Waals surface area contributed by atoms with E-state index in [0.717, 1.165) is 0 Å². The monoisotopic (exact) mass is 178 g/mol. The van der Waals surface area contributed by atoms with Crippen LogP contribution in [-0.4, -0.2) is 12.0 Å². The van der Waals surface area contributed by atoms with Crippen molar-refractivity contribution in [1.82, 2.24) is 0 Å². The van der Waals surface area contributed by atoms with Crippen molar-refractivity contribution in [2.24, 2.45) is 0 Å². The zero-order chi connectivity index (χ0) is 9.61. The van der Waals surface area contributed by atoms with Crippen molar-refractivity contribution in [3.63, 3.8) is 0 Å². The first-order chi connectivity index (χ1) is 5.45. The van der Waals surface area contributed by atoms with Gasteiger partial charge in [-0.1, -0.05) is 0 Å². The predicted molar refractivity (Wildman–Crippen MR) is 38.4 cm³/mol. The molecule has 0 unspecified atom stereocenters. The van der Waals surface area contributed by atoms with Gasteiger partial charge in [-0.3, -0.25) is 4.79 Å². The highest BCUT2D eigenvalue weighted by Crippen LogP contribution is 2.22. The van der Waals surface area contributed by atoms with E-state index in [-0.39, 0.29) is 19.3 Å². The van der Waals surface area contributed by atoms with Gasteiger partial charge in [-0.25, -0.2) is 0 Å². The Labute approximate surface area is 69.0 Å². The fraction of sp³-hybridized carbons (Fsp3) is 0.625. The van der Waals surface area contributed by atoms with Crippen LogP contribution in [0.15, 0.2) is 0 Å². The number of alkyl halides is 3. The summed E-state index contributed by atoms with van der Waals surface area (Å²) in [6.07, 6.45) is -0.0217. The Morgan fingerprint density at radius 1 is 1.33 bits per heavy atom. The highest BCUT2D eigenvalue weighted by molar-refractivity contribution is 5.94. The summed E-state index contributed by atoms with van der Waals surface area (Å²) in [5.74, 6) is 1.41. The van der Waals surface area contributed by atoms with E-state index in [1.807, 2.05) is 5.92 Å². The Bertz CT molecular complexity index is 187. The summed E-state index contributed by atoms with van der Waals surface area (Å²) in [7, 11) is 0. The maximum atomic E-state index is 11.5. The first-order valence-corrected chi connectivity index (χ1v) is 3.52. The van der Waals surface area contributed by atoms with Gasteiger partial charge in [-0.15, -0.1) is 6.42 Å². The molecule has 0 N–H and O–H groups in total. The van der Waals surface area contributed by atoms with Gasteiger partial charge in [0, 0.05) is 12.8 Å². The molecule has 0 saturated heterocycles. The second-order valence-electron chi connectivity index (χ2n) is 2.39. The molecule has 0 saturated carbocycles. The second kappa shape index (κ2) is 4.81. The van der Waals surface area contributed by atoms with Crippen molar-refractivity contribution in [2.75, 3.05) is 0 Å². The van der Waals surface area contributed by atoms with Gasteiger partial charge in [-0.2, -0.15) is 13.2 Å². The van der Waals surface area contributed by atoms with E-state index in [0.29, 0.717) is 0 Å². The summed E-state index contributed by atoms with van der Waals surface area (Å²) in [6.45, 7) is 0. The van der Waals surface area contributed by atoms with Gasteiger partial charge >= 0.3 is 6.18 Å². The average molecular weight is 178 g/mol. The summed E-state index contributed by atoms with van der Waals surface area (Å²) < 4.78 is 34.6. The number of hydrogen-bond acceptors (Lipinski definition) is 1. The molecule has 0 atom stereocenters. The van der Waals surface area contributed by atoms with Crippen LogP contribution in [-0.2, 0) is 4.79 Å². The highest BCUT2D eigenvalue weighted by Gasteiger charge is 2.25. The number of halogens is 3. The van der Waals surface area contributed by atoms with Crippen LogP contribution in [0, 0.1) is 12.3 Å². The number of carbonyl (C=O) groups excluding carboxylic acids is 1. The minimum Gasteiger partial charge on any atom is -0.285 e. The van der Waals surface area contributed by atoms with E-state index in [4.69, 9.17) is 6.42 Å². The molecule has 0 bridgehead atoms. The Balaban J connectivity index is 3.36. The van der Waals surface area contributed by atoms with Gasteiger partial charge < -0.3 is 0 Å². The maximum Gasteiger partial charge on any atom is 0.389 e. The maximum absolute atomic E-state index is 11.5. The van der Waals surface area contributed by atoms with Crippen molar-refractivity contribution in [3.8, 4) is 12.3 Å². The summed E-state index contributed by atoms with van der Waals surface area (Å²) in [5.41, 5.74) is 0. The predicted octanol–water partition coefficient (Wildman–Crippen LogP) is 2.31. The molecule has 0 aromatic rings. The minimum absolute atomic E-state index is 0.0308. The molecule has 0 rings (SSSR count). The van der Waals surface area contributed by atoms with E-state index in [1.165, 1.54) is 0 Å². The van der Waals surface area contributed by atoms with E-state index < -0.39 is 18.4 Å². The number of ketones is 1. The lowest BCUT2D eigenvalue weighted by molar-refractivity contribution is -0.136. The van der Waals surface area contributed by atoms with Crippen molar-refractivity contribution in [2.45, 2.75) is 31.9 Å². The molecule has 0 amide bonds. The summed E-state index contributed by atoms with van der Waals surface area (Å²) in [6, 6.07) is 0. The lowest BCUT2D eigenvalue weighted by Gasteiger charge is -2.03. The van der Waals surface area contributed by atoms with Crippen LogP contribution in [0.4, 0.5) is 13.2 Å². The first kappa shape index (κ1) is 11.0. The smallest absolute Gasteiger partial charge is 0.285 e. The van der Waals surface area contributed by atoms with Crippen molar-refractivity contribution in [3.05, 3.63) is 0 Å². The molecular weight excluding hydrogens is 169 g/mol. The molecule has 0 heterocycles. The number of carbonyl (C=O) groups is 1. The Hall–Kier alpha value is -0.980. The van der Waals surface area contributed by atoms with Gasteiger partial charge in [0.15, 0.2) is 0 Å². The average Bonchev–Trinajstić information content (AvgIpc) is 1.96. The summed E-state index contributed by atoms with van der Waals surface area (Å²) in [5, 5.41) is 0. The van der Waals surface area contributed by atoms with Crippen molar-refractivity contribution >= 4 is 5.78 Å². The van der Waals surface area contributed by atoms with Crippen LogP contribution in [0.5, 0.6) is 0 Å². The van der Waals surface area contributed by atoms with Crippen LogP contribution >= 0.6 is 0 Å². The van der Waals surface area contributed by atoms with Gasteiger partial charge in [0.1, 0.15) is 0 Å². The van der Waals surface area contributed by atoms with Gasteiger partial charge in [-0.05, 0) is 18.8 Å². The fourth-order valence-electron chi connectivity index (χ4n) is 0.683. The third kappa shape index (κ3) is 7.13. The van der Waals surface area contributed by atoms with Crippen LogP contribution < -0.4 is 0 Å². The zero-order valence-electron chi connectivity index (χ0n) is 6.45. The number of terminal acetylenes is 1. The van der Waals surface area contributed by atoms with Crippen LogP contribution in [0.25, 0.3) is 0 Å². The molecule has 0 fully saturated rings. The Kier molecular flexibility index (Phi) is 4.42. The topological polar surface area (TPSA) is 17.1 Å². The van der Waals surface area contributed by atoms with Crippen LogP contribution in [0.3, 0.4) is 0 Å². The molecule has 0 aliphatic heterocycles. The molecule has 68 valence electrons. The zero-order valence-corrected chi connectivity index (χ0v) is 6.45. The third-order valence-corrected chi connectivity index (χ3v) is 1.28. The highest BCUT2D eigenvalue weighted by atomic mass is 19.4. The SMILES string of the molecule is C#CC(=O)CCCCC(F)(F)F. The van der Waals surface area contributed by atoms with E-state index in [1.54, 1.807) is 0 Å². The normalized spacial score (nSPS) is 10.8. The molecule has 0 aliphatic rings. The molecule has 0 radical (unpaired) electrons. The number of unbranched alkanes of at least 4 members (excludes halogenated alkanes) is 1. The fourth-order valence-corrected chi connectivity index (χ4v) is 0.683. The molecule has 12 heavy (non-hydrogen) atoms. The molecule has 0 aliphatic carbocycles. The summed E-state index contributed by atoms with van der Waals surface area (Å²) >= 11 is 0. The van der Waals surface area contributed by atoms with Crippen LogP contribution in [0.2, 0.25) is 0 Å². The van der Waals surface area contributed by atoms with E-state index in [9.17, 15) is 18.0 Å². The third-order valence-electron chi connectivity index (χ3n) is 1.28. The summed E-state index contributed by atoms with van der Waals surface area (Å²) in [4.78, 5) is 10.4. The van der Waals surface area contributed by atoms with Gasteiger partial charge in [0.25, 0.3) is 0 Å². The molecule has 4 heteroatoms. The van der Waals surface area contributed by atoms with Crippen molar-refractivity contribution < 1.29 is 18.0 Å². The quantitative estimate of drug-likeness (QED) is 0.366. The number of Topliss-reactive ketones (excluding diaryl/α,β-unsaturated/α-hetero) is 1. The Morgan fingerprint density at radius 2 is 1.92 bits per heavy atom. The molecule has 0 aromatic heterocycles. The first-order valence-electron chi connectivity index (χ1n) is 3.52. The molecule has 0 aromatic carbocycles. The lowest BCUT2D eigenvalue weighted by atomic mass is 10.1.